The molecule has 3 aromatic carbocycles. The SMILES string of the molecule is CC1(C)O[C@H]2O[C@H](C(CO)O[C@H]3O[C@H](COCc4ccccc4)[C@@H](OCc4ccccc4)[C@@H]3OCc3ccccc3)[C@H](O)[C@H]2O1. The fourth-order valence-electron chi connectivity index (χ4n) is 5.93. The van der Waals surface area contributed by atoms with Crippen LogP contribution >= 0.6 is 0 Å². The predicted octanol–water partition coefficient (Wildman–Crippen LogP) is 3.71. The molecule has 10 nitrogen and oxygen atoms in total. The maximum atomic E-state index is 11.1. The van der Waals surface area contributed by atoms with Gasteiger partial charge in [0.25, 0.3) is 0 Å². The van der Waals surface area contributed by atoms with Crippen molar-refractivity contribution in [3.05, 3.63) is 108 Å². The van der Waals surface area contributed by atoms with E-state index < -0.39 is 67.7 Å². The van der Waals surface area contributed by atoms with Crippen molar-refractivity contribution in [3.8, 4) is 0 Å². The van der Waals surface area contributed by atoms with E-state index in [0.717, 1.165) is 16.7 Å². The van der Waals surface area contributed by atoms with Gasteiger partial charge in [-0.3, -0.25) is 0 Å². The van der Waals surface area contributed by atoms with Gasteiger partial charge in [0.2, 0.25) is 0 Å². The molecule has 9 atom stereocenters. The van der Waals surface area contributed by atoms with E-state index in [2.05, 4.69) is 0 Å². The normalized spacial score (nSPS) is 31.2. The van der Waals surface area contributed by atoms with E-state index in [-0.39, 0.29) is 13.2 Å². The molecule has 3 aliphatic heterocycles. The average Bonchev–Trinajstić information content (AvgIpc) is 3.66. The number of hydrogen-bond acceptors (Lipinski definition) is 10. The van der Waals surface area contributed by atoms with Gasteiger partial charge < -0.3 is 48.1 Å². The zero-order valence-corrected chi connectivity index (χ0v) is 25.6. The van der Waals surface area contributed by atoms with Crippen LogP contribution in [0.3, 0.4) is 0 Å². The van der Waals surface area contributed by atoms with Crippen molar-refractivity contribution in [2.75, 3.05) is 13.2 Å². The summed E-state index contributed by atoms with van der Waals surface area (Å²) in [4.78, 5) is 0. The van der Waals surface area contributed by atoms with E-state index in [4.69, 9.17) is 37.9 Å². The molecule has 3 aliphatic rings. The number of benzene rings is 3. The Bertz CT molecular complexity index is 1310. The molecule has 3 aromatic rings. The minimum absolute atomic E-state index is 0.215. The van der Waals surface area contributed by atoms with E-state index in [1.54, 1.807) is 13.8 Å². The molecule has 0 amide bonds. The number of hydrogen-bond donors (Lipinski definition) is 2. The van der Waals surface area contributed by atoms with E-state index in [0.29, 0.717) is 13.2 Å². The minimum Gasteiger partial charge on any atom is -0.394 e. The zero-order valence-electron chi connectivity index (χ0n) is 25.6. The lowest BCUT2D eigenvalue weighted by molar-refractivity contribution is -0.262. The summed E-state index contributed by atoms with van der Waals surface area (Å²) in [6.07, 6.45) is -7.26. The molecular formula is C35H42O10. The standard InChI is InChI=1S/C35H42O10/c1-35(2)44-31-28(37)29(43-34(31)45-35)26(18-36)41-33-32(40-21-25-16-10-5-11-17-25)30(39-20-24-14-8-4-9-15-24)27(42-33)22-38-19-23-12-6-3-7-13-23/h3-17,26-34,36-37H,18-22H2,1-2H3/t26?,27-,28+,29-,30-,31-,32+,33+,34-/m1/s1. The topological polar surface area (TPSA) is 114 Å². The van der Waals surface area contributed by atoms with Gasteiger partial charge in [-0.05, 0) is 30.5 Å². The lowest BCUT2D eigenvalue weighted by Gasteiger charge is -2.31. The Morgan fingerprint density at radius 3 is 1.84 bits per heavy atom. The quantitative estimate of drug-likeness (QED) is 0.276. The predicted molar refractivity (Wildman–Crippen MR) is 161 cm³/mol. The summed E-state index contributed by atoms with van der Waals surface area (Å²) in [5.41, 5.74) is 3.01. The van der Waals surface area contributed by atoms with Crippen LogP contribution in [0.25, 0.3) is 0 Å². The van der Waals surface area contributed by atoms with Crippen molar-refractivity contribution in [1.29, 1.82) is 0 Å². The molecule has 3 fully saturated rings. The smallest absolute Gasteiger partial charge is 0.190 e. The first kappa shape index (κ1) is 32.2. The van der Waals surface area contributed by atoms with Gasteiger partial charge in [0.05, 0.1) is 33.0 Å². The first-order valence-electron chi connectivity index (χ1n) is 15.4. The highest BCUT2D eigenvalue weighted by Gasteiger charge is 2.57. The average molecular weight is 623 g/mol. The Kier molecular flexibility index (Phi) is 10.6. The summed E-state index contributed by atoms with van der Waals surface area (Å²) in [7, 11) is 0. The van der Waals surface area contributed by atoms with E-state index in [9.17, 15) is 10.2 Å². The minimum atomic E-state index is -1.09. The third kappa shape index (κ3) is 7.98. The largest absolute Gasteiger partial charge is 0.394 e. The molecule has 2 N–H and O–H groups in total. The Balaban J connectivity index is 1.20. The second-order valence-electron chi connectivity index (χ2n) is 12.0. The second-order valence-corrected chi connectivity index (χ2v) is 12.0. The Labute approximate surface area is 263 Å². The van der Waals surface area contributed by atoms with Crippen LogP contribution in [-0.4, -0.2) is 84.5 Å². The molecule has 6 rings (SSSR count). The molecule has 0 radical (unpaired) electrons. The summed E-state index contributed by atoms with van der Waals surface area (Å²) in [5, 5.41) is 21.5. The molecule has 0 saturated carbocycles. The Hall–Kier alpha value is -2.74. The van der Waals surface area contributed by atoms with Crippen LogP contribution in [0.5, 0.6) is 0 Å². The lowest BCUT2D eigenvalue weighted by atomic mass is 10.1. The Morgan fingerprint density at radius 2 is 1.29 bits per heavy atom. The van der Waals surface area contributed by atoms with Gasteiger partial charge in [0.15, 0.2) is 18.4 Å². The van der Waals surface area contributed by atoms with Gasteiger partial charge in [-0.1, -0.05) is 91.0 Å². The molecule has 10 heteroatoms. The van der Waals surface area contributed by atoms with Crippen molar-refractivity contribution >= 4 is 0 Å². The summed E-state index contributed by atoms with van der Waals surface area (Å²) in [6.45, 7) is 4.29. The van der Waals surface area contributed by atoms with Crippen molar-refractivity contribution in [2.45, 2.75) is 94.8 Å². The van der Waals surface area contributed by atoms with Crippen LogP contribution in [0.1, 0.15) is 30.5 Å². The van der Waals surface area contributed by atoms with E-state index in [1.165, 1.54) is 0 Å². The molecule has 45 heavy (non-hydrogen) atoms. The molecule has 0 bridgehead atoms. The van der Waals surface area contributed by atoms with Gasteiger partial charge in [0.1, 0.15) is 42.7 Å². The second kappa shape index (κ2) is 14.8. The highest BCUT2D eigenvalue weighted by Crippen LogP contribution is 2.40. The van der Waals surface area contributed by atoms with E-state index in [1.807, 2.05) is 91.0 Å². The highest BCUT2D eigenvalue weighted by molar-refractivity contribution is 5.15. The maximum Gasteiger partial charge on any atom is 0.190 e. The number of fused-ring (bicyclic) bond motifs is 1. The summed E-state index contributed by atoms with van der Waals surface area (Å²) < 4.78 is 49.5. The van der Waals surface area contributed by atoms with Crippen LogP contribution in [0, 0.1) is 0 Å². The lowest BCUT2D eigenvalue weighted by Crippen LogP contribution is -2.47. The molecule has 3 heterocycles. The van der Waals surface area contributed by atoms with E-state index >= 15 is 0 Å². The Morgan fingerprint density at radius 1 is 0.733 bits per heavy atom. The van der Waals surface area contributed by atoms with Gasteiger partial charge in [-0.15, -0.1) is 0 Å². The molecule has 1 unspecified atom stereocenters. The summed E-state index contributed by atoms with van der Waals surface area (Å²) >= 11 is 0. The molecule has 0 spiro atoms. The van der Waals surface area contributed by atoms with Crippen molar-refractivity contribution in [2.24, 2.45) is 0 Å². The first-order chi connectivity index (χ1) is 21.9. The van der Waals surface area contributed by atoms with Gasteiger partial charge in [0, 0.05) is 0 Å². The van der Waals surface area contributed by atoms with Crippen molar-refractivity contribution in [1.82, 2.24) is 0 Å². The fourth-order valence-corrected chi connectivity index (χ4v) is 5.93. The molecular weight excluding hydrogens is 580 g/mol. The highest BCUT2D eigenvalue weighted by atomic mass is 16.8. The first-order valence-corrected chi connectivity index (χ1v) is 15.4. The van der Waals surface area contributed by atoms with Gasteiger partial charge in [-0.2, -0.15) is 0 Å². The van der Waals surface area contributed by atoms with Gasteiger partial charge in [-0.25, -0.2) is 0 Å². The third-order valence-corrected chi connectivity index (χ3v) is 8.14. The van der Waals surface area contributed by atoms with Crippen LogP contribution in [0.4, 0.5) is 0 Å². The maximum absolute atomic E-state index is 11.1. The van der Waals surface area contributed by atoms with Crippen molar-refractivity contribution in [3.63, 3.8) is 0 Å². The molecule has 0 aromatic heterocycles. The molecule has 3 saturated heterocycles. The summed E-state index contributed by atoms with van der Waals surface area (Å²) in [5.74, 6) is -0.891. The molecule has 0 aliphatic carbocycles. The van der Waals surface area contributed by atoms with Crippen LogP contribution in [0.2, 0.25) is 0 Å². The molecule has 242 valence electrons. The number of aliphatic hydroxyl groups excluding tert-OH is 2. The monoisotopic (exact) mass is 622 g/mol. The van der Waals surface area contributed by atoms with Crippen molar-refractivity contribution < 1.29 is 48.1 Å². The fraction of sp³-hybridized carbons (Fsp3) is 0.486. The van der Waals surface area contributed by atoms with Crippen LogP contribution in [-0.2, 0) is 57.7 Å². The third-order valence-electron chi connectivity index (χ3n) is 8.14. The summed E-state index contributed by atoms with van der Waals surface area (Å²) in [6, 6.07) is 29.6. The number of ether oxygens (including phenoxy) is 8. The van der Waals surface area contributed by atoms with Gasteiger partial charge >= 0.3 is 0 Å². The van der Waals surface area contributed by atoms with Crippen LogP contribution in [0.15, 0.2) is 91.0 Å². The number of rotatable bonds is 14. The number of aliphatic hydroxyl groups is 2. The zero-order chi connectivity index (χ0) is 31.2. The van der Waals surface area contributed by atoms with Crippen LogP contribution < -0.4 is 0 Å².